The Morgan fingerprint density at radius 1 is 0.902 bits per heavy atom. The maximum absolute atomic E-state index is 13.8. The number of nitrogens with one attached hydrogen (secondary N) is 5. The van der Waals surface area contributed by atoms with Gasteiger partial charge >= 0.3 is 0 Å². The molecule has 0 bridgehead atoms. The minimum absolute atomic E-state index is 0.0717. The molecule has 12 nitrogen and oxygen atoms in total. The van der Waals surface area contributed by atoms with E-state index in [1.165, 1.54) is 36.6 Å². The third-order valence-electron chi connectivity index (χ3n) is 7.85. The average Bonchev–Trinajstić information content (AvgIpc) is 3.62. The zero-order valence-electron chi connectivity index (χ0n) is 30.5. The van der Waals surface area contributed by atoms with E-state index in [-0.39, 0.29) is 35.2 Å². The van der Waals surface area contributed by atoms with E-state index in [1.807, 2.05) is 43.7 Å². The smallest absolute Gasteiger partial charge is 0.251 e. The molecule has 5 N–H and O–H groups in total. The van der Waals surface area contributed by atoms with Crippen molar-refractivity contribution in [2.75, 3.05) is 30.7 Å². The highest BCUT2D eigenvalue weighted by atomic mass is 35.5. The fourth-order valence-electron chi connectivity index (χ4n) is 4.88. The van der Waals surface area contributed by atoms with Crippen molar-refractivity contribution >= 4 is 62.3 Å². The van der Waals surface area contributed by atoms with Gasteiger partial charge in [-0.1, -0.05) is 44.5 Å². The van der Waals surface area contributed by atoms with Crippen LogP contribution in [-0.2, 0) is 26.0 Å². The predicted octanol–water partition coefficient (Wildman–Crippen LogP) is 4.66. The summed E-state index contributed by atoms with van der Waals surface area (Å²) in [6, 6.07) is 10.9. The minimum atomic E-state index is -3.73. The highest BCUT2D eigenvalue weighted by Crippen LogP contribution is 2.23. The van der Waals surface area contributed by atoms with Crippen molar-refractivity contribution in [3.05, 3.63) is 86.6 Å². The second kappa shape index (κ2) is 20.8. The zero-order valence-corrected chi connectivity index (χ0v) is 32.9. The molecular weight excluding hydrogens is 712 g/mol. The Morgan fingerprint density at radius 3 is 2.10 bits per heavy atom. The number of sulfonamides is 1. The lowest BCUT2D eigenvalue weighted by molar-refractivity contribution is -0.129. The molecule has 0 saturated carbocycles. The first-order valence-corrected chi connectivity index (χ1v) is 20.1. The topological polar surface area (TPSA) is 166 Å². The molecule has 4 atom stereocenters. The van der Waals surface area contributed by atoms with Crippen LogP contribution in [0.1, 0.15) is 85.8 Å². The summed E-state index contributed by atoms with van der Waals surface area (Å²) < 4.78 is 25.9. The Balaban J connectivity index is 0.00000442. The van der Waals surface area contributed by atoms with Crippen LogP contribution >= 0.6 is 22.9 Å². The van der Waals surface area contributed by atoms with E-state index in [2.05, 4.69) is 26.6 Å². The molecule has 2 aromatic carbocycles. The number of amides is 4. The lowest BCUT2D eigenvalue weighted by atomic mass is 10.0. The first-order valence-electron chi connectivity index (χ1n) is 16.9. The van der Waals surface area contributed by atoms with E-state index in [0.717, 1.165) is 21.7 Å². The summed E-state index contributed by atoms with van der Waals surface area (Å²) in [6.45, 7) is 11.7. The van der Waals surface area contributed by atoms with Crippen LogP contribution in [0.25, 0.3) is 0 Å². The zero-order chi connectivity index (χ0) is 38.3. The van der Waals surface area contributed by atoms with Gasteiger partial charge in [-0.3, -0.25) is 23.5 Å². The fraction of sp³-hybridized carbons (Fsp3) is 0.444. The summed E-state index contributed by atoms with van der Waals surface area (Å²) in [5, 5.41) is 18.9. The van der Waals surface area contributed by atoms with E-state index in [4.69, 9.17) is 11.6 Å². The molecule has 1 aromatic heterocycles. The summed E-state index contributed by atoms with van der Waals surface area (Å²) >= 11 is 7.64. The van der Waals surface area contributed by atoms with Crippen LogP contribution in [0.4, 0.5) is 5.69 Å². The summed E-state index contributed by atoms with van der Waals surface area (Å²) in [5.74, 6) is -1.68. The van der Waals surface area contributed by atoms with E-state index in [0.29, 0.717) is 24.4 Å². The molecule has 0 aliphatic heterocycles. The van der Waals surface area contributed by atoms with Crippen molar-refractivity contribution in [3.8, 4) is 0 Å². The van der Waals surface area contributed by atoms with Crippen molar-refractivity contribution in [2.45, 2.75) is 78.6 Å². The largest absolute Gasteiger partial charge is 0.355 e. The standard InChI is InChI=1S/C34H45ClN6O6S2.C2H6/c1-7-30(34(45)36-8-2)40-31(42)22(4)37-19-28(14-23-12-13-48-20-23)39-33(44)26-15-25(17-29(18-26)41(5)49(6,46)47)32(43)38-21(3)24-10-9-11-27(35)16-24;1-2/h9-13,15-18,20-22,28,30,37H,7-8,14,19H2,1-6H3,(H,36,45)(H,38,43)(H,39,44)(H,40,42);1-2H3/t21-,22?,28+,30+;/m1./s1. The van der Waals surface area contributed by atoms with Crippen LogP contribution in [0.3, 0.4) is 0 Å². The van der Waals surface area contributed by atoms with E-state index >= 15 is 0 Å². The fourth-order valence-corrected chi connectivity index (χ4v) is 6.25. The van der Waals surface area contributed by atoms with Gasteiger partial charge in [0.15, 0.2) is 0 Å². The van der Waals surface area contributed by atoms with Crippen LogP contribution in [0.15, 0.2) is 59.3 Å². The molecule has 51 heavy (non-hydrogen) atoms. The number of thiophene rings is 1. The molecule has 0 saturated heterocycles. The number of rotatable bonds is 17. The number of likely N-dealkylation sites (N-methyl/N-ethyl adjacent to an activating group) is 1. The Labute approximate surface area is 311 Å². The quantitative estimate of drug-likeness (QED) is 0.133. The number of carbonyl (C=O) groups is 4. The first-order chi connectivity index (χ1) is 24.1. The summed E-state index contributed by atoms with van der Waals surface area (Å²) in [4.78, 5) is 52.5. The number of halogens is 1. The summed E-state index contributed by atoms with van der Waals surface area (Å²) in [7, 11) is -2.39. The molecule has 15 heteroatoms. The highest BCUT2D eigenvalue weighted by Gasteiger charge is 2.24. The molecule has 1 unspecified atom stereocenters. The van der Waals surface area contributed by atoms with Gasteiger partial charge in [0.05, 0.1) is 24.0 Å². The number of benzene rings is 2. The van der Waals surface area contributed by atoms with Gasteiger partial charge in [0.25, 0.3) is 11.8 Å². The third kappa shape index (κ3) is 13.6. The second-order valence-corrected chi connectivity index (χ2v) is 15.0. The van der Waals surface area contributed by atoms with Gasteiger partial charge < -0.3 is 26.6 Å². The Kier molecular flexibility index (Phi) is 17.6. The normalized spacial score (nSPS) is 13.4. The number of hydrogen-bond acceptors (Lipinski definition) is 8. The number of nitrogens with zero attached hydrogens (tertiary/aromatic N) is 1. The van der Waals surface area contributed by atoms with Crippen molar-refractivity contribution < 1.29 is 27.6 Å². The summed E-state index contributed by atoms with van der Waals surface area (Å²) in [5.41, 5.74) is 2.03. The molecule has 280 valence electrons. The highest BCUT2D eigenvalue weighted by molar-refractivity contribution is 7.92. The van der Waals surface area contributed by atoms with Crippen LogP contribution in [-0.4, -0.2) is 76.6 Å². The Bertz CT molecular complexity index is 1720. The maximum Gasteiger partial charge on any atom is 0.251 e. The average molecular weight is 763 g/mol. The van der Waals surface area contributed by atoms with E-state index < -0.39 is 46.0 Å². The molecule has 4 amide bonds. The number of hydrogen-bond donors (Lipinski definition) is 5. The SMILES string of the molecule is CC.CCNC(=O)[C@H](CC)NC(=O)C(C)NC[C@H](Cc1ccsc1)NC(=O)c1cc(C(=O)N[C@H](C)c2cccc(Cl)c2)cc(N(C)S(C)(=O)=O)c1. The number of anilines is 1. The van der Waals surface area contributed by atoms with Crippen molar-refractivity contribution in [1.29, 1.82) is 0 Å². The predicted molar refractivity (Wildman–Crippen MR) is 206 cm³/mol. The maximum atomic E-state index is 13.8. The molecule has 0 radical (unpaired) electrons. The second-order valence-electron chi connectivity index (χ2n) is 11.7. The van der Waals surface area contributed by atoms with Gasteiger partial charge in [0.2, 0.25) is 21.8 Å². The van der Waals surface area contributed by atoms with Gasteiger partial charge in [-0.2, -0.15) is 11.3 Å². The van der Waals surface area contributed by atoms with Crippen LogP contribution in [0.2, 0.25) is 5.02 Å². The summed E-state index contributed by atoms with van der Waals surface area (Å²) in [6.07, 6.45) is 1.88. The van der Waals surface area contributed by atoms with Crippen LogP contribution in [0, 0.1) is 0 Å². The number of carbonyl (C=O) groups excluding carboxylic acids is 4. The van der Waals surface area contributed by atoms with Gasteiger partial charge in [-0.25, -0.2) is 8.42 Å². The van der Waals surface area contributed by atoms with E-state index in [9.17, 15) is 27.6 Å². The van der Waals surface area contributed by atoms with Crippen LogP contribution < -0.4 is 30.9 Å². The van der Waals surface area contributed by atoms with Gasteiger partial charge in [0.1, 0.15) is 6.04 Å². The van der Waals surface area contributed by atoms with Crippen molar-refractivity contribution in [2.24, 2.45) is 0 Å². The minimum Gasteiger partial charge on any atom is -0.355 e. The van der Waals surface area contributed by atoms with Gasteiger partial charge in [0, 0.05) is 42.3 Å². The molecule has 0 aliphatic rings. The first kappa shape index (κ1) is 43.2. The van der Waals surface area contributed by atoms with Crippen LogP contribution in [0.5, 0.6) is 0 Å². The molecule has 0 spiro atoms. The van der Waals surface area contributed by atoms with Crippen molar-refractivity contribution in [3.63, 3.8) is 0 Å². The van der Waals surface area contributed by atoms with Gasteiger partial charge in [-0.15, -0.1) is 0 Å². The lowest BCUT2D eigenvalue weighted by Crippen LogP contribution is -2.53. The van der Waals surface area contributed by atoms with E-state index in [1.54, 1.807) is 39.0 Å². The third-order valence-corrected chi connectivity index (χ3v) is 10.0. The molecule has 1 heterocycles. The Hall–Kier alpha value is -3.98. The lowest BCUT2D eigenvalue weighted by Gasteiger charge is -2.24. The monoisotopic (exact) mass is 762 g/mol. The molecule has 0 aliphatic carbocycles. The molecule has 3 rings (SSSR count). The molecular formula is C36H51ClN6O6S2. The molecule has 3 aromatic rings. The Morgan fingerprint density at radius 2 is 1.55 bits per heavy atom. The van der Waals surface area contributed by atoms with Gasteiger partial charge in [-0.05, 0) is 91.9 Å². The molecule has 0 fully saturated rings. The van der Waals surface area contributed by atoms with Crippen molar-refractivity contribution in [1.82, 2.24) is 26.6 Å².